The lowest BCUT2D eigenvalue weighted by Gasteiger charge is -2.04. The summed E-state index contributed by atoms with van der Waals surface area (Å²) in [7, 11) is 0. The van der Waals surface area contributed by atoms with Crippen LogP contribution < -0.4 is 21.8 Å². The topological polar surface area (TPSA) is 96.8 Å². The van der Waals surface area contributed by atoms with Crippen LogP contribution in [-0.4, -0.2) is 20.8 Å². The van der Waals surface area contributed by atoms with Crippen molar-refractivity contribution in [2.75, 3.05) is 0 Å². The summed E-state index contributed by atoms with van der Waals surface area (Å²) in [6.45, 7) is 2.21. The Labute approximate surface area is 239 Å². The van der Waals surface area contributed by atoms with Gasteiger partial charge < -0.3 is 15.0 Å². The molecule has 0 amide bonds. The number of hydrogen-bond donors (Lipinski definition) is 3. The van der Waals surface area contributed by atoms with E-state index in [1.54, 1.807) is 0 Å². The first-order valence-electron chi connectivity index (χ1n) is 14.2. The number of aromatic amines is 3. The molecule has 42 heavy (non-hydrogen) atoms. The molecule has 3 aromatic heterocycles. The van der Waals surface area contributed by atoms with Gasteiger partial charge in [0.1, 0.15) is 22.3 Å². The van der Waals surface area contributed by atoms with Crippen LogP contribution in [0.1, 0.15) is 35.8 Å². The largest absolute Gasteiger partial charge is 0.342 e. The molecule has 2 unspecified atom stereocenters. The lowest BCUT2D eigenvalue weighted by atomic mass is 10.0. The number of nitrogens with zero attached hydrogens (tertiary/aromatic N) is 4. The molecular formula is C35H25N7. The highest BCUT2D eigenvalue weighted by Crippen LogP contribution is 2.34. The Kier molecular flexibility index (Phi) is 4.81. The van der Waals surface area contributed by atoms with Crippen LogP contribution in [0.5, 0.6) is 0 Å². The van der Waals surface area contributed by atoms with E-state index in [1.807, 2.05) is 24.3 Å². The first-order chi connectivity index (χ1) is 20.7. The second-order valence-corrected chi connectivity index (χ2v) is 11.0. The Morgan fingerprint density at radius 3 is 1.98 bits per heavy atom. The van der Waals surface area contributed by atoms with Crippen molar-refractivity contribution in [2.45, 2.75) is 19.0 Å². The number of aliphatic imine (C=N–C) groups is 1. The minimum atomic E-state index is -0.421. The average molecular weight is 544 g/mol. The van der Waals surface area contributed by atoms with E-state index in [1.165, 1.54) is 0 Å². The molecule has 0 radical (unpaired) electrons. The van der Waals surface area contributed by atoms with Gasteiger partial charge in [-0.3, -0.25) is 0 Å². The predicted molar refractivity (Wildman–Crippen MR) is 166 cm³/mol. The van der Waals surface area contributed by atoms with Gasteiger partial charge in [0.25, 0.3) is 0 Å². The van der Waals surface area contributed by atoms with Gasteiger partial charge in [0.2, 0.25) is 0 Å². The summed E-state index contributed by atoms with van der Waals surface area (Å²) in [5.41, 5.74) is 5.46. The van der Waals surface area contributed by atoms with Crippen LogP contribution in [0.15, 0.2) is 117 Å². The summed E-state index contributed by atoms with van der Waals surface area (Å²) in [5, 5.41) is 7.48. The summed E-state index contributed by atoms with van der Waals surface area (Å²) in [6, 6.07) is 33.3. The van der Waals surface area contributed by atoms with Crippen LogP contribution in [0.2, 0.25) is 0 Å². The summed E-state index contributed by atoms with van der Waals surface area (Å²) >= 11 is 0. The van der Waals surface area contributed by atoms with Crippen LogP contribution in [0.4, 0.5) is 5.82 Å². The highest BCUT2D eigenvalue weighted by Gasteiger charge is 2.25. The smallest absolute Gasteiger partial charge is 0.170 e. The monoisotopic (exact) mass is 543 g/mol. The van der Waals surface area contributed by atoms with E-state index >= 15 is 0 Å². The standard InChI is InChI=1S/C35H25N7/c1-19-18-28-20-10-2-4-12-22(20)30(36-28)38-32-24-14-6-8-16-26(24)34(40-32)42-35-27-17-9-7-15-25(27)33(41-35)39-31-23-13-5-3-11-21(23)29(19)37-31/h2-19,34,37H,1H3,(H,36,38,40)(H,39,41,42)/b28-18-. The maximum Gasteiger partial charge on any atom is 0.170 e. The number of amidine groups is 1. The highest BCUT2D eigenvalue weighted by atomic mass is 15.1. The summed E-state index contributed by atoms with van der Waals surface area (Å²) < 4.78 is 0. The third-order valence-electron chi connectivity index (χ3n) is 8.41. The van der Waals surface area contributed by atoms with E-state index in [9.17, 15) is 0 Å². The van der Waals surface area contributed by atoms with Crippen molar-refractivity contribution < 1.29 is 0 Å². The highest BCUT2D eigenvalue weighted by molar-refractivity contribution is 6.03. The maximum absolute atomic E-state index is 5.17. The van der Waals surface area contributed by atoms with Crippen molar-refractivity contribution >= 4 is 50.0 Å². The number of fused-ring (bicyclic) bond motifs is 19. The average Bonchev–Trinajstić information content (AvgIpc) is 3.76. The van der Waals surface area contributed by atoms with E-state index in [2.05, 4.69) is 101 Å². The van der Waals surface area contributed by atoms with E-state index in [0.29, 0.717) is 5.84 Å². The van der Waals surface area contributed by atoms with Crippen LogP contribution in [0.25, 0.3) is 38.4 Å². The van der Waals surface area contributed by atoms with E-state index < -0.39 is 6.17 Å². The maximum atomic E-state index is 5.17. The number of nitrogens with one attached hydrogen (secondary N) is 3. The quantitative estimate of drug-likeness (QED) is 0.229. The molecule has 8 bridgehead atoms. The van der Waals surface area contributed by atoms with Gasteiger partial charge in [0, 0.05) is 60.4 Å². The molecule has 0 fully saturated rings. The molecule has 2 aliphatic rings. The minimum Gasteiger partial charge on any atom is -0.342 e. The molecule has 0 spiro atoms. The molecule has 200 valence electrons. The molecule has 0 saturated heterocycles. The fourth-order valence-electron chi connectivity index (χ4n) is 6.41. The summed E-state index contributed by atoms with van der Waals surface area (Å²) in [4.78, 5) is 31.3. The molecular weight excluding hydrogens is 518 g/mol. The molecule has 7 heteroatoms. The second kappa shape index (κ2) is 8.72. The Morgan fingerprint density at radius 1 is 0.548 bits per heavy atom. The lowest BCUT2D eigenvalue weighted by molar-refractivity contribution is 0.760. The number of hydrogen-bond acceptors (Lipinski definition) is 4. The Hall–Kier alpha value is -5.56. The van der Waals surface area contributed by atoms with E-state index in [4.69, 9.17) is 20.0 Å². The van der Waals surface area contributed by atoms with Gasteiger partial charge >= 0.3 is 0 Å². The van der Waals surface area contributed by atoms with Gasteiger partial charge in [0.05, 0.1) is 0 Å². The third kappa shape index (κ3) is 3.40. The van der Waals surface area contributed by atoms with Crippen molar-refractivity contribution in [3.63, 3.8) is 0 Å². The SMILES string of the molecule is CC1/C=c2\[nH]c(c3ccccc23)=NC2=NC(N=c3[nH]c(c4ccccc34)=Nc3[nH]c1c1ccccc31)c1ccccc12. The van der Waals surface area contributed by atoms with Gasteiger partial charge in [-0.1, -0.05) is 110 Å². The van der Waals surface area contributed by atoms with E-state index in [0.717, 1.165) is 76.8 Å². The minimum absolute atomic E-state index is 0.0734. The summed E-state index contributed by atoms with van der Waals surface area (Å²) in [5.74, 6) is 1.57. The lowest BCUT2D eigenvalue weighted by Crippen LogP contribution is -2.14. The van der Waals surface area contributed by atoms with Crippen LogP contribution >= 0.6 is 0 Å². The molecule has 3 N–H and O–H groups in total. The molecule has 2 atom stereocenters. The van der Waals surface area contributed by atoms with Gasteiger partial charge in [-0.25, -0.2) is 20.0 Å². The molecule has 0 aliphatic carbocycles. The Bertz CT molecular complexity index is 2510. The van der Waals surface area contributed by atoms with Crippen LogP contribution in [0, 0.1) is 0 Å². The number of rotatable bonds is 0. The van der Waals surface area contributed by atoms with Crippen molar-refractivity contribution in [1.29, 1.82) is 0 Å². The first-order valence-corrected chi connectivity index (χ1v) is 14.2. The number of H-pyrrole nitrogens is 3. The van der Waals surface area contributed by atoms with Crippen molar-refractivity contribution in [3.05, 3.63) is 136 Å². The zero-order valence-corrected chi connectivity index (χ0v) is 22.8. The fraction of sp³-hybridized carbons (Fsp3) is 0.0857. The van der Waals surface area contributed by atoms with Crippen molar-refractivity contribution in [1.82, 2.24) is 15.0 Å². The molecule has 2 aliphatic heterocycles. The zero-order chi connectivity index (χ0) is 27.8. The van der Waals surface area contributed by atoms with Gasteiger partial charge in [-0.2, -0.15) is 0 Å². The zero-order valence-electron chi connectivity index (χ0n) is 22.8. The molecule has 5 heterocycles. The molecule has 0 saturated carbocycles. The number of benzene rings is 4. The van der Waals surface area contributed by atoms with Gasteiger partial charge in [0.15, 0.2) is 12.0 Å². The Morgan fingerprint density at radius 2 is 1.17 bits per heavy atom. The predicted octanol–water partition coefficient (Wildman–Crippen LogP) is 5.38. The Balaban J connectivity index is 1.44. The first kappa shape index (κ1) is 23.2. The normalized spacial score (nSPS) is 18.4. The number of aromatic nitrogens is 3. The summed E-state index contributed by atoms with van der Waals surface area (Å²) in [6.07, 6.45) is 1.85. The third-order valence-corrected chi connectivity index (χ3v) is 8.41. The fourth-order valence-corrected chi connectivity index (χ4v) is 6.41. The van der Waals surface area contributed by atoms with Crippen LogP contribution in [-0.2, 0) is 0 Å². The van der Waals surface area contributed by atoms with Gasteiger partial charge in [-0.05, 0) is 0 Å². The van der Waals surface area contributed by atoms with Crippen LogP contribution in [0.3, 0.4) is 0 Å². The molecule has 7 aromatic rings. The van der Waals surface area contributed by atoms with Crippen molar-refractivity contribution in [2.24, 2.45) is 20.0 Å². The molecule has 7 nitrogen and oxygen atoms in total. The second-order valence-electron chi connectivity index (χ2n) is 11.0. The molecule has 4 aromatic carbocycles. The van der Waals surface area contributed by atoms with Crippen molar-refractivity contribution in [3.8, 4) is 0 Å². The van der Waals surface area contributed by atoms with Gasteiger partial charge in [-0.15, -0.1) is 0 Å². The molecule has 9 rings (SSSR count). The van der Waals surface area contributed by atoms with E-state index in [-0.39, 0.29) is 5.92 Å².